The van der Waals surface area contributed by atoms with E-state index in [1.165, 1.54) is 65.4 Å². The van der Waals surface area contributed by atoms with Crippen molar-refractivity contribution in [2.75, 3.05) is 0 Å². The van der Waals surface area contributed by atoms with Gasteiger partial charge in [0.15, 0.2) is 17.5 Å². The molecule has 1 aromatic heterocycles. The summed E-state index contributed by atoms with van der Waals surface area (Å²) in [4.78, 5) is 18.1. The molecule has 59 heavy (non-hydrogen) atoms. The van der Waals surface area contributed by atoms with Gasteiger partial charge < -0.3 is 0 Å². The van der Waals surface area contributed by atoms with Gasteiger partial charge in [0, 0.05) is 31.9 Å². The smallest absolute Gasteiger partial charge is 0.164 e. The van der Waals surface area contributed by atoms with E-state index in [1.807, 2.05) is 30.0 Å². The summed E-state index contributed by atoms with van der Waals surface area (Å²) < 4.78 is 0. The van der Waals surface area contributed by atoms with Crippen LogP contribution in [0.4, 0.5) is 0 Å². The summed E-state index contributed by atoms with van der Waals surface area (Å²) in [5.74, 6) is 1.97. The summed E-state index contributed by atoms with van der Waals surface area (Å²) >= 11 is 1.87. The Bertz CT molecular complexity index is 3140. The molecule has 0 N–H and O–H groups in total. The van der Waals surface area contributed by atoms with Gasteiger partial charge in [0.05, 0.1) is 5.41 Å². The van der Waals surface area contributed by atoms with Crippen molar-refractivity contribution in [3.63, 3.8) is 0 Å². The van der Waals surface area contributed by atoms with Gasteiger partial charge in [0.25, 0.3) is 0 Å². The van der Waals surface area contributed by atoms with Crippen LogP contribution in [-0.2, 0) is 10.8 Å². The van der Waals surface area contributed by atoms with Crippen molar-refractivity contribution in [3.8, 4) is 67.5 Å². The molecule has 9 aromatic rings. The predicted molar refractivity (Wildman–Crippen MR) is 241 cm³/mol. The number of fused-ring (bicyclic) bond motifs is 12. The van der Waals surface area contributed by atoms with Crippen molar-refractivity contribution in [1.82, 2.24) is 15.0 Å². The van der Waals surface area contributed by atoms with Gasteiger partial charge in [-0.15, -0.1) is 0 Å². The van der Waals surface area contributed by atoms with Crippen LogP contribution in [0.5, 0.6) is 0 Å². The Morgan fingerprint density at radius 3 is 1.49 bits per heavy atom. The van der Waals surface area contributed by atoms with E-state index in [9.17, 15) is 0 Å². The second kappa shape index (κ2) is 12.8. The first-order chi connectivity index (χ1) is 29.0. The summed E-state index contributed by atoms with van der Waals surface area (Å²) in [7, 11) is 0. The number of rotatable bonds is 4. The fraction of sp³-hybridized carbons (Fsp3) is 0.0727. The maximum atomic E-state index is 5.23. The van der Waals surface area contributed by atoms with Gasteiger partial charge in [0.2, 0.25) is 0 Å². The van der Waals surface area contributed by atoms with E-state index in [1.54, 1.807) is 0 Å². The SMILES string of the molecule is CC1(C)c2ccccc2-c2ccc(-c3nc(-c4ccccc4)nc(-c4cccc(-c5ccc6c(c5)C5(c7ccccc7S6)c6ccccc6-c6ccccc65)c4)n3)cc21. The van der Waals surface area contributed by atoms with E-state index < -0.39 is 5.41 Å². The fourth-order valence-electron chi connectivity index (χ4n) is 10.1. The average Bonchev–Trinajstić information content (AvgIpc) is 3.72. The van der Waals surface area contributed by atoms with E-state index in [0.717, 1.165) is 27.8 Å². The van der Waals surface area contributed by atoms with Crippen LogP contribution in [0.3, 0.4) is 0 Å². The van der Waals surface area contributed by atoms with Crippen LogP contribution < -0.4 is 0 Å². The topological polar surface area (TPSA) is 38.7 Å². The molecular formula is C55H37N3S. The van der Waals surface area contributed by atoms with E-state index in [2.05, 4.69) is 184 Å². The van der Waals surface area contributed by atoms with Crippen molar-refractivity contribution in [3.05, 3.63) is 221 Å². The summed E-state index contributed by atoms with van der Waals surface area (Å²) in [5.41, 5.74) is 17.8. The van der Waals surface area contributed by atoms with E-state index in [-0.39, 0.29) is 5.41 Å². The number of hydrogen-bond donors (Lipinski definition) is 0. The highest BCUT2D eigenvalue weighted by atomic mass is 32.2. The highest BCUT2D eigenvalue weighted by Crippen LogP contribution is 2.62. The quantitative estimate of drug-likeness (QED) is 0.179. The zero-order valence-corrected chi connectivity index (χ0v) is 33.5. The van der Waals surface area contributed by atoms with Crippen molar-refractivity contribution in [2.24, 2.45) is 0 Å². The van der Waals surface area contributed by atoms with Gasteiger partial charge in [-0.25, -0.2) is 15.0 Å². The molecule has 12 rings (SSSR count). The standard InChI is InChI=1S/C55H37N3S/c1-54(2)43-22-9-6-19-39(43)42-29-27-38(33-47(42)54)53-57-51(34-15-4-3-5-16-34)56-52(58-53)37-18-14-17-35(31-37)36-28-30-50-48(32-36)55(46-25-12-13-26-49(46)59-50)44-23-10-7-20-40(44)41-21-8-11-24-45(41)55/h3-33H,1-2H3. The monoisotopic (exact) mass is 771 g/mol. The molecule has 4 heteroatoms. The van der Waals surface area contributed by atoms with Crippen LogP contribution in [0.15, 0.2) is 198 Å². The Balaban J connectivity index is 1.01. The Hall–Kier alpha value is -6.88. The number of benzene rings is 8. The molecule has 2 heterocycles. The molecule has 3 aliphatic rings. The summed E-state index contributed by atoms with van der Waals surface area (Å²) in [6.45, 7) is 4.62. The molecule has 0 unspecified atom stereocenters. The second-order valence-corrected chi connectivity index (χ2v) is 17.4. The Morgan fingerprint density at radius 1 is 0.322 bits per heavy atom. The molecule has 8 aromatic carbocycles. The lowest BCUT2D eigenvalue weighted by Crippen LogP contribution is -2.32. The van der Waals surface area contributed by atoms with Crippen LogP contribution in [0.2, 0.25) is 0 Å². The molecule has 0 saturated carbocycles. The Labute approximate surface area is 348 Å². The lowest BCUT2D eigenvalue weighted by atomic mass is 9.67. The Kier molecular flexibility index (Phi) is 7.42. The van der Waals surface area contributed by atoms with Crippen LogP contribution in [0.25, 0.3) is 67.5 Å². The van der Waals surface area contributed by atoms with Gasteiger partial charge in [0.1, 0.15) is 0 Å². The third kappa shape index (κ3) is 5.00. The van der Waals surface area contributed by atoms with Crippen LogP contribution >= 0.6 is 11.8 Å². The van der Waals surface area contributed by atoms with Gasteiger partial charge in [-0.3, -0.25) is 0 Å². The van der Waals surface area contributed by atoms with Gasteiger partial charge >= 0.3 is 0 Å². The first kappa shape index (κ1) is 34.2. The molecule has 1 spiro atoms. The molecule has 1 aliphatic heterocycles. The normalized spacial score (nSPS) is 14.5. The lowest BCUT2D eigenvalue weighted by Gasteiger charge is -2.40. The van der Waals surface area contributed by atoms with E-state index >= 15 is 0 Å². The van der Waals surface area contributed by atoms with E-state index in [0.29, 0.717) is 17.5 Å². The molecule has 0 bridgehead atoms. The van der Waals surface area contributed by atoms with Crippen molar-refractivity contribution < 1.29 is 0 Å². The third-order valence-electron chi connectivity index (χ3n) is 12.8. The molecule has 0 radical (unpaired) electrons. The van der Waals surface area contributed by atoms with E-state index in [4.69, 9.17) is 15.0 Å². The first-order valence-electron chi connectivity index (χ1n) is 20.3. The summed E-state index contributed by atoms with van der Waals surface area (Å²) in [5, 5.41) is 0. The van der Waals surface area contributed by atoms with Gasteiger partial charge in [-0.2, -0.15) is 0 Å². The third-order valence-corrected chi connectivity index (χ3v) is 14.0. The lowest BCUT2D eigenvalue weighted by molar-refractivity contribution is 0.660. The molecule has 3 nitrogen and oxygen atoms in total. The molecule has 0 amide bonds. The minimum Gasteiger partial charge on any atom is -0.208 e. The maximum Gasteiger partial charge on any atom is 0.164 e. The maximum absolute atomic E-state index is 5.23. The molecule has 0 fully saturated rings. The average molecular weight is 772 g/mol. The van der Waals surface area contributed by atoms with Crippen molar-refractivity contribution in [2.45, 2.75) is 34.5 Å². The second-order valence-electron chi connectivity index (χ2n) is 16.3. The van der Waals surface area contributed by atoms with Crippen molar-refractivity contribution in [1.29, 1.82) is 0 Å². The summed E-state index contributed by atoms with van der Waals surface area (Å²) in [6, 6.07) is 68.4. The predicted octanol–water partition coefficient (Wildman–Crippen LogP) is 13.7. The van der Waals surface area contributed by atoms with Crippen LogP contribution in [0, 0.1) is 0 Å². The number of aromatic nitrogens is 3. The number of hydrogen-bond acceptors (Lipinski definition) is 4. The molecule has 278 valence electrons. The largest absolute Gasteiger partial charge is 0.208 e. The van der Waals surface area contributed by atoms with Crippen LogP contribution in [0.1, 0.15) is 47.2 Å². The minimum absolute atomic E-state index is 0.134. The minimum atomic E-state index is -0.433. The zero-order valence-electron chi connectivity index (χ0n) is 32.6. The molecule has 2 aliphatic carbocycles. The van der Waals surface area contributed by atoms with Gasteiger partial charge in [-0.05, 0) is 97.1 Å². The van der Waals surface area contributed by atoms with Crippen LogP contribution in [-0.4, -0.2) is 15.0 Å². The number of nitrogens with zero attached hydrogens (tertiary/aromatic N) is 3. The molecular weight excluding hydrogens is 735 g/mol. The Morgan fingerprint density at radius 2 is 0.780 bits per heavy atom. The first-order valence-corrected chi connectivity index (χ1v) is 21.1. The highest BCUT2D eigenvalue weighted by Gasteiger charge is 2.50. The van der Waals surface area contributed by atoms with Gasteiger partial charge in [-0.1, -0.05) is 183 Å². The molecule has 0 saturated heterocycles. The highest BCUT2D eigenvalue weighted by molar-refractivity contribution is 7.99. The fourth-order valence-corrected chi connectivity index (χ4v) is 11.2. The summed E-state index contributed by atoms with van der Waals surface area (Å²) in [6.07, 6.45) is 0. The zero-order chi connectivity index (χ0) is 39.3. The van der Waals surface area contributed by atoms with Crippen molar-refractivity contribution >= 4 is 11.8 Å². The molecule has 0 atom stereocenters.